The van der Waals surface area contributed by atoms with Crippen LogP contribution >= 0.6 is 11.5 Å². The van der Waals surface area contributed by atoms with Crippen LogP contribution in [0.4, 0.5) is 23.0 Å². The van der Waals surface area contributed by atoms with Crippen LogP contribution in [-0.2, 0) is 6.61 Å². The lowest BCUT2D eigenvalue weighted by atomic mass is 10.1. The number of hydrogen-bond donors (Lipinski definition) is 4. The van der Waals surface area contributed by atoms with Crippen LogP contribution in [0.1, 0.15) is 27.9 Å². The van der Waals surface area contributed by atoms with Crippen LogP contribution in [-0.4, -0.2) is 34.6 Å². The second kappa shape index (κ2) is 9.37. The van der Waals surface area contributed by atoms with Gasteiger partial charge < -0.3 is 20.9 Å². The average molecular weight is 418 g/mol. The first-order valence-electron chi connectivity index (χ1n) is 7.97. The van der Waals surface area contributed by atoms with Crippen LogP contribution in [0, 0.1) is 24.4 Å². The summed E-state index contributed by atoms with van der Waals surface area (Å²) >= 11 is 0.662. The summed E-state index contributed by atoms with van der Waals surface area (Å²) < 4.78 is 50.4. The fraction of sp³-hybridized carbons (Fsp3) is 0.312. The number of nitrogens with zero attached hydrogens (tertiary/aromatic N) is 1. The van der Waals surface area contributed by atoms with Crippen molar-refractivity contribution < 1.29 is 32.6 Å². The molecular weight excluding hydrogens is 401 g/mol. The van der Waals surface area contributed by atoms with Gasteiger partial charge in [0, 0.05) is 13.2 Å². The van der Waals surface area contributed by atoms with Gasteiger partial charge in [-0.05, 0) is 36.5 Å². The van der Waals surface area contributed by atoms with Crippen LogP contribution in [0.25, 0.3) is 0 Å². The minimum Gasteiger partial charge on any atom is -0.471 e. The summed E-state index contributed by atoms with van der Waals surface area (Å²) in [6.07, 6.45) is 0.331. The number of carbonyl (C=O) groups is 2. The van der Waals surface area contributed by atoms with E-state index in [0.717, 1.165) is 6.07 Å². The first-order chi connectivity index (χ1) is 13.3. The Morgan fingerprint density at radius 3 is 2.68 bits per heavy atom. The molecule has 0 aliphatic rings. The minimum atomic E-state index is -1.41. The van der Waals surface area contributed by atoms with Crippen molar-refractivity contribution in [2.45, 2.75) is 20.0 Å². The van der Waals surface area contributed by atoms with E-state index in [2.05, 4.69) is 15.0 Å². The number of aromatic nitrogens is 1. The number of primary amides is 1. The zero-order chi connectivity index (χ0) is 20.8. The average Bonchev–Trinajstić information content (AvgIpc) is 3.02. The smallest absolute Gasteiger partial charge is 0.319 e. The molecule has 0 radical (unpaired) electrons. The molecule has 0 bridgehead atoms. The molecule has 0 aliphatic carbocycles. The Balaban J connectivity index is 2.17. The molecule has 28 heavy (non-hydrogen) atoms. The van der Waals surface area contributed by atoms with Crippen molar-refractivity contribution in [1.82, 2.24) is 9.69 Å². The predicted octanol–water partition coefficient (Wildman–Crippen LogP) is 2.05. The molecule has 3 amide bonds. The van der Waals surface area contributed by atoms with E-state index >= 15 is 0 Å². The van der Waals surface area contributed by atoms with Crippen LogP contribution in [0.2, 0.25) is 0 Å². The Morgan fingerprint density at radius 2 is 2.04 bits per heavy atom. The number of carbonyl (C=O) groups excluding carboxylic acids is 2. The fourth-order valence-corrected chi connectivity index (χ4v) is 2.86. The van der Waals surface area contributed by atoms with Crippen molar-refractivity contribution in [3.63, 3.8) is 0 Å². The van der Waals surface area contributed by atoms with Gasteiger partial charge in [-0.15, -0.1) is 0 Å². The maximum Gasteiger partial charge on any atom is 0.319 e. The molecule has 0 aliphatic heterocycles. The van der Waals surface area contributed by atoms with E-state index in [9.17, 15) is 22.8 Å². The number of hydrogen-bond acceptors (Lipinski definition) is 6. The number of rotatable bonds is 8. The Morgan fingerprint density at radius 1 is 1.32 bits per heavy atom. The number of ether oxygens (including phenoxy) is 1. The first-order valence-corrected chi connectivity index (χ1v) is 8.74. The lowest BCUT2D eigenvalue weighted by Gasteiger charge is -2.10. The van der Waals surface area contributed by atoms with Gasteiger partial charge in [-0.25, -0.2) is 18.0 Å². The maximum atomic E-state index is 13.9. The highest BCUT2D eigenvalue weighted by Gasteiger charge is 2.24. The molecule has 152 valence electrons. The molecule has 1 aromatic carbocycles. The van der Waals surface area contributed by atoms with Crippen molar-refractivity contribution in [2.75, 3.05) is 18.5 Å². The largest absolute Gasteiger partial charge is 0.471 e. The number of nitrogens with one attached hydrogen (secondary N) is 2. The van der Waals surface area contributed by atoms with Gasteiger partial charge in [0.25, 0.3) is 5.91 Å². The third-order valence-corrected chi connectivity index (χ3v) is 4.29. The van der Waals surface area contributed by atoms with E-state index in [4.69, 9.17) is 15.6 Å². The molecule has 0 atom stereocenters. The van der Waals surface area contributed by atoms with Crippen molar-refractivity contribution in [1.29, 1.82) is 0 Å². The van der Waals surface area contributed by atoms with Gasteiger partial charge >= 0.3 is 6.03 Å². The Hall–Kier alpha value is -2.86. The molecule has 2 aromatic rings. The molecule has 5 N–H and O–H groups in total. The summed E-state index contributed by atoms with van der Waals surface area (Å²) in [5.41, 5.74) is 4.09. The lowest BCUT2D eigenvalue weighted by Crippen LogP contribution is -2.30. The van der Waals surface area contributed by atoms with Crippen LogP contribution < -0.4 is 21.1 Å². The van der Waals surface area contributed by atoms with Crippen LogP contribution in [0.3, 0.4) is 0 Å². The van der Waals surface area contributed by atoms with Gasteiger partial charge in [-0.2, -0.15) is 4.37 Å². The Labute approximate surface area is 161 Å². The van der Waals surface area contributed by atoms with Crippen molar-refractivity contribution >= 4 is 28.5 Å². The summed E-state index contributed by atoms with van der Waals surface area (Å²) in [6.45, 7) is 0.536. The highest BCUT2D eigenvalue weighted by molar-refractivity contribution is 7.11. The van der Waals surface area contributed by atoms with Gasteiger partial charge in [0.2, 0.25) is 5.88 Å². The number of anilines is 1. The summed E-state index contributed by atoms with van der Waals surface area (Å²) in [5.74, 6) is -4.99. The van der Waals surface area contributed by atoms with Crippen molar-refractivity contribution in [3.05, 3.63) is 40.2 Å². The fourth-order valence-electron chi connectivity index (χ4n) is 2.13. The molecule has 0 fully saturated rings. The SMILES string of the molecule is Cc1cc(F)c(COc2nsc(NC(=O)NCCCO)c2C(N)=O)c(F)c1F. The van der Waals surface area contributed by atoms with Gasteiger partial charge in [0.1, 0.15) is 23.0 Å². The molecular formula is C16H17F3N4O4S. The highest BCUT2D eigenvalue weighted by atomic mass is 32.1. The number of amides is 3. The van der Waals surface area contributed by atoms with Gasteiger partial charge in [-0.1, -0.05) is 0 Å². The molecule has 0 unspecified atom stereocenters. The predicted molar refractivity (Wildman–Crippen MR) is 94.7 cm³/mol. The van der Waals surface area contributed by atoms with Crippen molar-refractivity contribution in [2.24, 2.45) is 5.73 Å². The lowest BCUT2D eigenvalue weighted by molar-refractivity contribution is 0.0996. The second-order valence-corrected chi connectivity index (χ2v) is 6.36. The standard InChI is InChI=1S/C16H17F3N4O4S/c1-7-5-9(17)8(12(19)11(7)18)6-27-14-10(13(20)25)15(28-23-14)22-16(26)21-3-2-4-24/h5,24H,2-4,6H2,1H3,(H2,20,25)(H2,21,22,26). The summed E-state index contributed by atoms with van der Waals surface area (Å²) in [7, 11) is 0. The second-order valence-electron chi connectivity index (χ2n) is 5.58. The Kier molecular flexibility index (Phi) is 7.18. The third-order valence-electron chi connectivity index (χ3n) is 3.54. The van der Waals surface area contributed by atoms with E-state index in [1.807, 2.05) is 0 Å². The highest BCUT2D eigenvalue weighted by Crippen LogP contribution is 2.31. The van der Waals surface area contributed by atoms with Gasteiger partial charge in [0.15, 0.2) is 11.6 Å². The van der Waals surface area contributed by atoms with Crippen molar-refractivity contribution in [3.8, 4) is 5.88 Å². The monoisotopic (exact) mass is 418 g/mol. The molecule has 0 saturated heterocycles. The molecule has 2 rings (SSSR count). The van der Waals surface area contributed by atoms with Gasteiger partial charge in [-0.3, -0.25) is 10.1 Å². The molecule has 8 nitrogen and oxygen atoms in total. The number of aliphatic hydroxyl groups is 1. The zero-order valence-corrected chi connectivity index (χ0v) is 15.5. The number of halogens is 3. The molecule has 1 heterocycles. The summed E-state index contributed by atoms with van der Waals surface area (Å²) in [4.78, 5) is 23.4. The minimum absolute atomic E-state index is 0.0416. The maximum absolute atomic E-state index is 13.9. The third kappa shape index (κ3) is 4.89. The van der Waals surface area contributed by atoms with E-state index in [0.29, 0.717) is 18.0 Å². The molecule has 12 heteroatoms. The molecule has 0 spiro atoms. The Bertz CT molecular complexity index is 891. The van der Waals surface area contributed by atoms with Crippen LogP contribution in [0.5, 0.6) is 5.88 Å². The van der Waals surface area contributed by atoms with Gasteiger partial charge in [0.05, 0.1) is 5.56 Å². The van der Waals surface area contributed by atoms with E-state index in [1.54, 1.807) is 0 Å². The topological polar surface area (TPSA) is 127 Å². The van der Waals surface area contributed by atoms with E-state index in [-0.39, 0.29) is 35.2 Å². The number of urea groups is 1. The summed E-state index contributed by atoms with van der Waals surface area (Å²) in [5, 5.41) is 13.4. The zero-order valence-electron chi connectivity index (χ0n) is 14.6. The first kappa shape index (κ1) is 21.4. The molecule has 0 saturated carbocycles. The number of benzene rings is 1. The quantitative estimate of drug-likeness (QED) is 0.386. The summed E-state index contributed by atoms with van der Waals surface area (Å²) in [6, 6.07) is 0.139. The number of aryl methyl sites for hydroxylation is 1. The van der Waals surface area contributed by atoms with E-state index < -0.39 is 41.6 Å². The molecule has 1 aromatic heterocycles. The number of aliphatic hydroxyl groups excluding tert-OH is 1. The van der Waals surface area contributed by atoms with E-state index in [1.165, 1.54) is 6.92 Å². The number of nitrogens with two attached hydrogens (primary N) is 1. The normalized spacial score (nSPS) is 10.6. The van der Waals surface area contributed by atoms with Crippen LogP contribution in [0.15, 0.2) is 6.07 Å².